The molecule has 1 aliphatic heterocycles. The Balaban J connectivity index is 1.89. The molecule has 2 heterocycles. The molecule has 33 heavy (non-hydrogen) atoms. The number of hydrogen-bond donors (Lipinski definition) is 0. The van der Waals surface area contributed by atoms with Gasteiger partial charge >= 0.3 is 6.36 Å². The van der Waals surface area contributed by atoms with Crippen LogP contribution in [0.3, 0.4) is 0 Å². The highest BCUT2D eigenvalue weighted by atomic mass is 19.4. The molecule has 0 aliphatic carbocycles. The summed E-state index contributed by atoms with van der Waals surface area (Å²) in [5.41, 5.74) is 1.73. The molecule has 1 aromatic heterocycles. The number of halogens is 3. The van der Waals surface area contributed by atoms with Crippen LogP contribution in [0.1, 0.15) is 29.2 Å². The fraction of sp³-hybridized carbons (Fsp3) is 0.240. The summed E-state index contributed by atoms with van der Waals surface area (Å²) in [7, 11) is 0. The average molecular weight is 454 g/mol. The Morgan fingerprint density at radius 2 is 1.45 bits per heavy atom. The maximum Gasteiger partial charge on any atom is 0.573 e. The standard InChI is InChI=1S/C25H21F3N2O3/c1-15-12-16(2)14-20(13-15)30-22(31)17(3)24(23(30)32,19-8-10-29-11-9-19)18-4-6-21(7-5-18)33-25(26,27)28/h4-14,17H,1-3H3/t17?,24-/m1/s1. The van der Waals surface area contributed by atoms with E-state index in [-0.39, 0.29) is 0 Å². The first kappa shape index (κ1) is 22.5. The Hall–Kier alpha value is -3.68. The van der Waals surface area contributed by atoms with Crippen LogP contribution in [0.25, 0.3) is 0 Å². The summed E-state index contributed by atoms with van der Waals surface area (Å²) in [5, 5.41) is 0. The molecule has 4 rings (SSSR count). The first-order chi connectivity index (χ1) is 15.5. The van der Waals surface area contributed by atoms with Crippen LogP contribution in [0.2, 0.25) is 0 Å². The van der Waals surface area contributed by atoms with Gasteiger partial charge in [-0.3, -0.25) is 14.6 Å². The summed E-state index contributed by atoms with van der Waals surface area (Å²) < 4.78 is 41.9. The van der Waals surface area contributed by atoms with Crippen LogP contribution in [-0.2, 0) is 15.0 Å². The summed E-state index contributed by atoms with van der Waals surface area (Å²) in [4.78, 5) is 32.7. The molecule has 0 bridgehead atoms. The number of nitrogens with zero attached hydrogens (tertiary/aromatic N) is 2. The number of rotatable bonds is 4. The number of amides is 2. The van der Waals surface area contributed by atoms with Crippen molar-refractivity contribution >= 4 is 17.5 Å². The van der Waals surface area contributed by atoms with Gasteiger partial charge in [0.2, 0.25) is 11.8 Å². The van der Waals surface area contributed by atoms with Crippen molar-refractivity contribution < 1.29 is 27.5 Å². The molecule has 2 aromatic carbocycles. The molecular formula is C25H21F3N2O3. The number of alkyl halides is 3. The Morgan fingerprint density at radius 1 is 0.909 bits per heavy atom. The van der Waals surface area contributed by atoms with Crippen LogP contribution in [0, 0.1) is 19.8 Å². The monoisotopic (exact) mass is 454 g/mol. The van der Waals surface area contributed by atoms with Crippen LogP contribution >= 0.6 is 0 Å². The van der Waals surface area contributed by atoms with Gasteiger partial charge in [-0.05, 0) is 72.5 Å². The van der Waals surface area contributed by atoms with Crippen molar-refractivity contribution in [3.8, 4) is 5.75 Å². The molecule has 2 amide bonds. The van der Waals surface area contributed by atoms with Gasteiger partial charge in [0.1, 0.15) is 11.2 Å². The van der Waals surface area contributed by atoms with Crippen molar-refractivity contribution in [2.75, 3.05) is 4.90 Å². The Bertz CT molecular complexity index is 1190. The first-order valence-electron chi connectivity index (χ1n) is 10.3. The number of ether oxygens (including phenoxy) is 1. The van der Waals surface area contributed by atoms with Crippen LogP contribution in [-0.4, -0.2) is 23.2 Å². The number of aryl methyl sites for hydroxylation is 2. The van der Waals surface area contributed by atoms with E-state index in [1.165, 1.54) is 29.4 Å². The number of hydrogen-bond acceptors (Lipinski definition) is 4. The molecule has 0 spiro atoms. The second-order valence-corrected chi connectivity index (χ2v) is 8.16. The van der Waals surface area contributed by atoms with Crippen molar-refractivity contribution in [1.82, 2.24) is 4.98 Å². The lowest BCUT2D eigenvalue weighted by Gasteiger charge is -2.31. The van der Waals surface area contributed by atoms with E-state index in [9.17, 15) is 22.8 Å². The summed E-state index contributed by atoms with van der Waals surface area (Å²) in [6.07, 6.45) is -1.80. The van der Waals surface area contributed by atoms with Gasteiger partial charge in [0, 0.05) is 12.4 Å². The largest absolute Gasteiger partial charge is 0.573 e. The molecule has 1 saturated heterocycles. The lowest BCUT2D eigenvalue weighted by molar-refractivity contribution is -0.274. The van der Waals surface area contributed by atoms with Gasteiger partial charge in [-0.15, -0.1) is 13.2 Å². The highest BCUT2D eigenvalue weighted by Gasteiger charge is 2.59. The summed E-state index contributed by atoms with van der Waals surface area (Å²) in [6.45, 7) is 5.41. The molecule has 1 aliphatic rings. The second kappa shape index (κ2) is 8.03. The molecule has 5 nitrogen and oxygen atoms in total. The maximum absolute atomic E-state index is 14.1. The molecule has 170 valence electrons. The predicted molar refractivity (Wildman–Crippen MR) is 116 cm³/mol. The molecule has 8 heteroatoms. The van der Waals surface area contributed by atoms with Gasteiger partial charge in [-0.2, -0.15) is 0 Å². The smallest absolute Gasteiger partial charge is 0.406 e. The van der Waals surface area contributed by atoms with Gasteiger partial charge in [0.15, 0.2) is 0 Å². The number of benzene rings is 2. The Morgan fingerprint density at radius 3 is 2.00 bits per heavy atom. The first-order valence-corrected chi connectivity index (χ1v) is 10.3. The topological polar surface area (TPSA) is 59.5 Å². The Labute approximate surface area is 188 Å². The van der Waals surface area contributed by atoms with Crippen LogP contribution in [0.15, 0.2) is 67.0 Å². The Kier molecular flexibility index (Phi) is 5.47. The molecule has 0 saturated carbocycles. The second-order valence-electron chi connectivity index (χ2n) is 8.16. The molecule has 0 N–H and O–H groups in total. The third-order valence-corrected chi connectivity index (χ3v) is 5.92. The zero-order chi connectivity index (χ0) is 24.0. The van der Waals surface area contributed by atoms with Crippen molar-refractivity contribution in [3.63, 3.8) is 0 Å². The molecule has 1 unspecified atom stereocenters. The number of pyridine rings is 1. The lowest BCUT2D eigenvalue weighted by Crippen LogP contribution is -2.41. The van der Waals surface area contributed by atoms with E-state index in [0.717, 1.165) is 23.3 Å². The van der Waals surface area contributed by atoms with Gasteiger partial charge in [-0.25, -0.2) is 4.90 Å². The van der Waals surface area contributed by atoms with Gasteiger partial charge in [0.25, 0.3) is 0 Å². The van der Waals surface area contributed by atoms with Gasteiger partial charge in [0.05, 0.1) is 11.6 Å². The molecule has 2 atom stereocenters. The zero-order valence-corrected chi connectivity index (χ0v) is 18.2. The normalized spacial score (nSPS) is 20.9. The van der Waals surface area contributed by atoms with Crippen molar-refractivity contribution in [2.45, 2.75) is 32.5 Å². The van der Waals surface area contributed by atoms with Crippen LogP contribution in [0.5, 0.6) is 5.75 Å². The molecule has 3 aromatic rings. The number of imide groups is 1. The van der Waals surface area contributed by atoms with E-state index in [2.05, 4.69) is 9.72 Å². The van der Waals surface area contributed by atoms with E-state index < -0.39 is 35.3 Å². The van der Waals surface area contributed by atoms with E-state index in [1.807, 2.05) is 19.9 Å². The minimum Gasteiger partial charge on any atom is -0.406 e. The number of aromatic nitrogens is 1. The minimum absolute atomic E-state index is 0.390. The van der Waals surface area contributed by atoms with E-state index in [1.54, 1.807) is 31.2 Å². The molecular weight excluding hydrogens is 433 g/mol. The van der Waals surface area contributed by atoms with E-state index >= 15 is 0 Å². The maximum atomic E-state index is 14.1. The van der Waals surface area contributed by atoms with E-state index in [4.69, 9.17) is 0 Å². The highest BCUT2D eigenvalue weighted by molar-refractivity contribution is 6.27. The zero-order valence-electron chi connectivity index (χ0n) is 18.2. The number of anilines is 1. The van der Waals surface area contributed by atoms with Crippen molar-refractivity contribution in [1.29, 1.82) is 0 Å². The van der Waals surface area contributed by atoms with Crippen molar-refractivity contribution in [3.05, 3.63) is 89.2 Å². The predicted octanol–water partition coefficient (Wildman–Crippen LogP) is 5.09. The van der Waals surface area contributed by atoms with Crippen molar-refractivity contribution in [2.24, 2.45) is 5.92 Å². The fourth-order valence-corrected chi connectivity index (χ4v) is 4.61. The van der Waals surface area contributed by atoms with Crippen LogP contribution in [0.4, 0.5) is 18.9 Å². The number of carbonyl (C=O) groups excluding carboxylic acids is 2. The quantitative estimate of drug-likeness (QED) is 0.515. The van der Waals surface area contributed by atoms with Gasteiger partial charge in [-0.1, -0.05) is 25.1 Å². The average Bonchev–Trinajstić information content (AvgIpc) is 2.94. The minimum atomic E-state index is -4.84. The summed E-state index contributed by atoms with van der Waals surface area (Å²) >= 11 is 0. The van der Waals surface area contributed by atoms with Crippen LogP contribution < -0.4 is 9.64 Å². The van der Waals surface area contributed by atoms with E-state index in [0.29, 0.717) is 16.8 Å². The third kappa shape index (κ3) is 3.86. The summed E-state index contributed by atoms with van der Waals surface area (Å²) in [6, 6.07) is 13.8. The fourth-order valence-electron chi connectivity index (χ4n) is 4.61. The summed E-state index contributed by atoms with van der Waals surface area (Å²) in [5.74, 6) is -2.09. The van der Waals surface area contributed by atoms with Gasteiger partial charge < -0.3 is 4.74 Å². The third-order valence-electron chi connectivity index (χ3n) is 5.92. The lowest BCUT2D eigenvalue weighted by atomic mass is 9.68. The number of carbonyl (C=O) groups is 2. The molecule has 1 fully saturated rings. The SMILES string of the molecule is Cc1cc(C)cc(N2C(=O)C(C)[C@](c3ccncc3)(c3ccc(OC(F)(F)F)cc3)C2=O)c1. The molecule has 0 radical (unpaired) electrons. The highest BCUT2D eigenvalue weighted by Crippen LogP contribution is 2.48.